The highest BCUT2D eigenvalue weighted by molar-refractivity contribution is 5.95. The van der Waals surface area contributed by atoms with E-state index in [1.54, 1.807) is 13.8 Å². The molecule has 2 N–H and O–H groups in total. The summed E-state index contributed by atoms with van der Waals surface area (Å²) in [4.78, 5) is 36.5. The first-order valence-electron chi connectivity index (χ1n) is 8.76. The average Bonchev–Trinajstić information content (AvgIpc) is 2.61. The molecule has 0 aliphatic rings. The number of hydrogen-bond acceptors (Lipinski definition) is 5. The zero-order valence-electron chi connectivity index (χ0n) is 16.6. The number of aromatic nitrogens is 2. The summed E-state index contributed by atoms with van der Waals surface area (Å²) in [5.74, 6) is -0.921. The molecule has 0 fully saturated rings. The third-order valence-corrected chi connectivity index (χ3v) is 4.43. The summed E-state index contributed by atoms with van der Waals surface area (Å²) in [6, 6.07) is 5.77. The maximum absolute atomic E-state index is 12.2. The van der Waals surface area contributed by atoms with Crippen LogP contribution in [0.2, 0.25) is 0 Å². The SMILES string of the molecule is Cc1cc(C)c(NC(=O)CNC(=O)Cn2nc(C)c(C)c(C#N)c2=O)c(C)c1. The molecule has 0 atom stereocenters. The van der Waals surface area contributed by atoms with E-state index in [2.05, 4.69) is 15.7 Å². The van der Waals surface area contributed by atoms with Gasteiger partial charge in [0.2, 0.25) is 11.8 Å². The number of nitriles is 1. The van der Waals surface area contributed by atoms with Gasteiger partial charge in [0.25, 0.3) is 5.56 Å². The van der Waals surface area contributed by atoms with Gasteiger partial charge in [-0.25, -0.2) is 4.68 Å². The third-order valence-electron chi connectivity index (χ3n) is 4.43. The van der Waals surface area contributed by atoms with Crippen LogP contribution < -0.4 is 16.2 Å². The minimum atomic E-state index is -0.629. The standard InChI is InChI=1S/C20H23N5O3/c1-11-6-12(2)19(13(3)7-11)23-17(26)9-22-18(27)10-25-20(28)16(8-21)14(4)15(5)24-25/h6-7H,9-10H2,1-5H3,(H,22,27)(H,23,26). The number of rotatable bonds is 5. The quantitative estimate of drug-likeness (QED) is 0.812. The molecule has 2 amide bonds. The summed E-state index contributed by atoms with van der Waals surface area (Å²) >= 11 is 0. The topological polar surface area (TPSA) is 117 Å². The van der Waals surface area contributed by atoms with Crippen molar-refractivity contribution >= 4 is 17.5 Å². The Bertz CT molecular complexity index is 1020. The fourth-order valence-corrected chi connectivity index (χ4v) is 2.94. The highest BCUT2D eigenvalue weighted by Gasteiger charge is 2.15. The number of carbonyl (C=O) groups is 2. The Morgan fingerprint density at radius 1 is 1.11 bits per heavy atom. The molecule has 8 heteroatoms. The zero-order valence-corrected chi connectivity index (χ0v) is 16.6. The van der Waals surface area contributed by atoms with Crippen molar-refractivity contribution in [2.45, 2.75) is 41.2 Å². The van der Waals surface area contributed by atoms with Gasteiger partial charge in [0.15, 0.2) is 0 Å². The van der Waals surface area contributed by atoms with Gasteiger partial charge >= 0.3 is 0 Å². The molecule has 0 aliphatic heterocycles. The molecular formula is C20H23N5O3. The van der Waals surface area contributed by atoms with Crippen LogP contribution in [-0.2, 0) is 16.1 Å². The summed E-state index contributed by atoms with van der Waals surface area (Å²) in [5, 5.41) is 18.4. The molecule has 2 aromatic rings. The number of benzene rings is 1. The molecule has 0 saturated carbocycles. The first-order valence-corrected chi connectivity index (χ1v) is 8.76. The van der Waals surface area contributed by atoms with Crippen LogP contribution >= 0.6 is 0 Å². The molecule has 28 heavy (non-hydrogen) atoms. The summed E-state index contributed by atoms with van der Waals surface area (Å²) in [6.07, 6.45) is 0. The molecular weight excluding hydrogens is 358 g/mol. The van der Waals surface area contributed by atoms with Gasteiger partial charge in [-0.2, -0.15) is 10.4 Å². The fourth-order valence-electron chi connectivity index (χ4n) is 2.94. The molecule has 0 aliphatic carbocycles. The Labute approximate surface area is 163 Å². The van der Waals surface area contributed by atoms with Gasteiger partial charge in [0.1, 0.15) is 18.2 Å². The number of nitrogens with zero attached hydrogens (tertiary/aromatic N) is 3. The van der Waals surface area contributed by atoms with Crippen LogP contribution in [0.15, 0.2) is 16.9 Å². The van der Waals surface area contributed by atoms with E-state index in [1.807, 2.05) is 39.0 Å². The van der Waals surface area contributed by atoms with E-state index >= 15 is 0 Å². The van der Waals surface area contributed by atoms with E-state index in [9.17, 15) is 14.4 Å². The summed E-state index contributed by atoms with van der Waals surface area (Å²) in [5.41, 5.74) is 4.01. The van der Waals surface area contributed by atoms with Crippen LogP contribution in [0, 0.1) is 45.9 Å². The van der Waals surface area contributed by atoms with Crippen molar-refractivity contribution in [3.8, 4) is 6.07 Å². The predicted octanol–water partition coefficient (Wildman–Crippen LogP) is 1.41. The van der Waals surface area contributed by atoms with E-state index in [4.69, 9.17) is 5.26 Å². The minimum absolute atomic E-state index is 0.0386. The Balaban J connectivity index is 2.02. The molecule has 0 unspecified atom stereocenters. The lowest BCUT2D eigenvalue weighted by Gasteiger charge is -2.13. The van der Waals surface area contributed by atoms with Crippen LogP contribution in [-0.4, -0.2) is 28.1 Å². The first kappa shape index (κ1) is 20.8. The molecule has 1 heterocycles. The summed E-state index contributed by atoms with van der Waals surface area (Å²) < 4.78 is 0.933. The smallest absolute Gasteiger partial charge is 0.285 e. The first-order chi connectivity index (χ1) is 13.1. The van der Waals surface area contributed by atoms with Gasteiger partial charge in [-0.05, 0) is 51.3 Å². The highest BCUT2D eigenvalue weighted by atomic mass is 16.2. The third kappa shape index (κ3) is 4.62. The largest absolute Gasteiger partial charge is 0.345 e. The molecule has 0 saturated heterocycles. The Hall–Kier alpha value is -3.47. The number of anilines is 1. The van der Waals surface area contributed by atoms with Gasteiger partial charge in [-0.1, -0.05) is 17.7 Å². The van der Waals surface area contributed by atoms with Crippen molar-refractivity contribution in [2.24, 2.45) is 0 Å². The van der Waals surface area contributed by atoms with Crippen molar-refractivity contribution in [1.82, 2.24) is 15.1 Å². The van der Waals surface area contributed by atoms with Gasteiger partial charge in [0, 0.05) is 5.69 Å². The van der Waals surface area contributed by atoms with Crippen molar-refractivity contribution in [3.05, 3.63) is 56.0 Å². The monoisotopic (exact) mass is 381 g/mol. The van der Waals surface area contributed by atoms with Crippen LogP contribution in [0.4, 0.5) is 5.69 Å². The van der Waals surface area contributed by atoms with E-state index in [0.29, 0.717) is 11.3 Å². The number of aryl methyl sites for hydroxylation is 4. The number of nitrogens with one attached hydrogen (secondary N) is 2. The van der Waals surface area contributed by atoms with E-state index in [0.717, 1.165) is 27.1 Å². The van der Waals surface area contributed by atoms with Crippen molar-refractivity contribution in [3.63, 3.8) is 0 Å². The molecule has 1 aromatic heterocycles. The van der Waals surface area contributed by atoms with Gasteiger partial charge in [-0.3, -0.25) is 14.4 Å². The van der Waals surface area contributed by atoms with E-state index < -0.39 is 11.5 Å². The Morgan fingerprint density at radius 3 is 2.29 bits per heavy atom. The van der Waals surface area contributed by atoms with Crippen molar-refractivity contribution < 1.29 is 9.59 Å². The molecule has 2 rings (SSSR count). The van der Waals surface area contributed by atoms with Crippen LogP contribution in [0.3, 0.4) is 0 Å². The number of amides is 2. The maximum Gasteiger partial charge on any atom is 0.285 e. The lowest BCUT2D eigenvalue weighted by atomic mass is 10.1. The van der Waals surface area contributed by atoms with Crippen molar-refractivity contribution in [2.75, 3.05) is 11.9 Å². The van der Waals surface area contributed by atoms with E-state index in [-0.39, 0.29) is 24.6 Å². The van der Waals surface area contributed by atoms with Gasteiger partial charge in [-0.15, -0.1) is 0 Å². The Morgan fingerprint density at radius 2 is 1.71 bits per heavy atom. The lowest BCUT2D eigenvalue weighted by Crippen LogP contribution is -2.38. The maximum atomic E-state index is 12.2. The second-order valence-electron chi connectivity index (χ2n) is 6.76. The second-order valence-corrected chi connectivity index (χ2v) is 6.76. The zero-order chi connectivity index (χ0) is 21.0. The average molecular weight is 381 g/mol. The molecule has 0 bridgehead atoms. The summed E-state index contributed by atoms with van der Waals surface area (Å²) in [7, 11) is 0. The fraction of sp³-hybridized carbons (Fsp3) is 0.350. The van der Waals surface area contributed by atoms with Crippen LogP contribution in [0.5, 0.6) is 0 Å². The van der Waals surface area contributed by atoms with E-state index in [1.165, 1.54) is 0 Å². The normalized spacial score (nSPS) is 10.3. The summed E-state index contributed by atoms with van der Waals surface area (Å²) in [6.45, 7) is 8.46. The predicted molar refractivity (Wildman–Crippen MR) is 105 cm³/mol. The highest BCUT2D eigenvalue weighted by Crippen LogP contribution is 2.21. The second kappa shape index (κ2) is 8.48. The Kier molecular flexibility index (Phi) is 6.31. The lowest BCUT2D eigenvalue weighted by molar-refractivity contribution is -0.124. The van der Waals surface area contributed by atoms with Gasteiger partial charge < -0.3 is 10.6 Å². The number of carbonyl (C=O) groups excluding carboxylic acids is 2. The number of hydrogen-bond donors (Lipinski definition) is 2. The van der Waals surface area contributed by atoms with Crippen LogP contribution in [0.1, 0.15) is 33.5 Å². The van der Waals surface area contributed by atoms with Gasteiger partial charge in [0.05, 0.1) is 12.2 Å². The molecule has 1 aromatic carbocycles. The molecule has 8 nitrogen and oxygen atoms in total. The van der Waals surface area contributed by atoms with Crippen molar-refractivity contribution in [1.29, 1.82) is 5.26 Å². The molecule has 0 radical (unpaired) electrons. The molecule has 0 spiro atoms. The van der Waals surface area contributed by atoms with Crippen LogP contribution in [0.25, 0.3) is 0 Å². The molecule has 146 valence electrons. The minimum Gasteiger partial charge on any atom is -0.345 e.